The monoisotopic (exact) mass is 414 g/mol. The van der Waals surface area contributed by atoms with Crippen LogP contribution in [0.4, 0.5) is 0 Å². The summed E-state index contributed by atoms with van der Waals surface area (Å²) in [4.78, 5) is 28.1. The van der Waals surface area contributed by atoms with Gasteiger partial charge >= 0.3 is 5.97 Å². The molecule has 2 N–H and O–H groups in total. The molecular formula is C20H19BrN2O3. The molecule has 0 radical (unpaired) electrons. The van der Waals surface area contributed by atoms with Crippen molar-refractivity contribution >= 4 is 38.7 Å². The van der Waals surface area contributed by atoms with E-state index in [0.717, 1.165) is 20.9 Å². The number of benzene rings is 2. The number of hydrogen-bond donors (Lipinski definition) is 2. The van der Waals surface area contributed by atoms with Crippen LogP contribution in [-0.2, 0) is 16.0 Å². The lowest BCUT2D eigenvalue weighted by molar-refractivity contribution is -0.145. The number of hydrogen-bond acceptors (Lipinski definition) is 3. The predicted octanol–water partition coefficient (Wildman–Crippen LogP) is 3.83. The van der Waals surface area contributed by atoms with Crippen molar-refractivity contribution in [2.24, 2.45) is 0 Å². The van der Waals surface area contributed by atoms with Gasteiger partial charge in [-0.25, -0.2) is 4.79 Å². The van der Waals surface area contributed by atoms with Crippen molar-refractivity contribution in [3.63, 3.8) is 0 Å². The minimum Gasteiger partial charge on any atom is -0.464 e. The van der Waals surface area contributed by atoms with Gasteiger partial charge in [0.2, 0.25) is 0 Å². The van der Waals surface area contributed by atoms with Crippen molar-refractivity contribution < 1.29 is 14.3 Å². The van der Waals surface area contributed by atoms with Crippen LogP contribution in [0.25, 0.3) is 10.9 Å². The number of nitrogens with one attached hydrogen (secondary N) is 2. The summed E-state index contributed by atoms with van der Waals surface area (Å²) >= 11 is 3.55. The van der Waals surface area contributed by atoms with E-state index in [0.29, 0.717) is 12.0 Å². The van der Waals surface area contributed by atoms with Crippen LogP contribution in [0.5, 0.6) is 0 Å². The van der Waals surface area contributed by atoms with Crippen LogP contribution in [0.2, 0.25) is 0 Å². The Labute approximate surface area is 159 Å². The van der Waals surface area contributed by atoms with Crippen LogP contribution in [-0.4, -0.2) is 29.5 Å². The summed E-state index contributed by atoms with van der Waals surface area (Å²) in [5.74, 6) is -0.749. The van der Waals surface area contributed by atoms with E-state index >= 15 is 0 Å². The minimum atomic E-state index is -0.770. The number of esters is 1. The molecule has 2 aromatic carbocycles. The normalized spacial score (nSPS) is 11.9. The Kier molecular flexibility index (Phi) is 5.73. The van der Waals surface area contributed by atoms with Crippen molar-refractivity contribution in [2.45, 2.75) is 19.4 Å². The lowest BCUT2D eigenvalue weighted by Gasteiger charge is -2.17. The Hall–Kier alpha value is -2.60. The van der Waals surface area contributed by atoms with Gasteiger partial charge in [-0.15, -0.1) is 0 Å². The molecule has 0 saturated carbocycles. The molecule has 6 heteroatoms. The molecule has 3 aromatic rings. The Morgan fingerprint density at radius 1 is 1.15 bits per heavy atom. The zero-order valence-electron chi connectivity index (χ0n) is 14.3. The van der Waals surface area contributed by atoms with Crippen molar-refractivity contribution in [1.29, 1.82) is 0 Å². The maximum Gasteiger partial charge on any atom is 0.328 e. The second-order valence-electron chi connectivity index (χ2n) is 5.82. The first kappa shape index (κ1) is 18.2. The standard InChI is InChI=1S/C20H19BrN2O3/c1-2-26-20(25)17(23-19(24)13-7-4-3-5-8-13)11-14-12-22-16-10-6-9-15(21)18(14)16/h3-10,12,17,22H,2,11H2,1H3,(H,23,24)/t17-/m0/s1. The van der Waals surface area contributed by atoms with Crippen LogP contribution in [0.1, 0.15) is 22.8 Å². The van der Waals surface area contributed by atoms with Gasteiger partial charge in [0.25, 0.3) is 5.91 Å². The highest BCUT2D eigenvalue weighted by Crippen LogP contribution is 2.27. The molecule has 0 spiro atoms. The second-order valence-corrected chi connectivity index (χ2v) is 6.68. The van der Waals surface area contributed by atoms with Gasteiger partial charge in [-0.05, 0) is 36.8 Å². The SMILES string of the molecule is CCOC(=O)[C@H](Cc1c[nH]c2cccc(Br)c12)NC(=O)c1ccccc1. The summed E-state index contributed by atoms with van der Waals surface area (Å²) in [5, 5.41) is 3.79. The average Bonchev–Trinajstić information content (AvgIpc) is 3.06. The third-order valence-corrected chi connectivity index (χ3v) is 4.73. The molecule has 0 bridgehead atoms. The molecule has 5 nitrogen and oxygen atoms in total. The van der Waals surface area contributed by atoms with E-state index in [1.807, 2.05) is 30.5 Å². The lowest BCUT2D eigenvalue weighted by Crippen LogP contribution is -2.43. The highest BCUT2D eigenvalue weighted by atomic mass is 79.9. The fraction of sp³-hybridized carbons (Fsp3) is 0.200. The number of carbonyl (C=O) groups is 2. The Bertz CT molecular complexity index is 921. The van der Waals surface area contributed by atoms with Gasteiger partial charge in [0, 0.05) is 33.6 Å². The number of ether oxygens (including phenoxy) is 1. The number of amides is 1. The zero-order chi connectivity index (χ0) is 18.5. The summed E-state index contributed by atoms with van der Waals surface area (Å²) < 4.78 is 6.09. The smallest absolute Gasteiger partial charge is 0.328 e. The van der Waals surface area contributed by atoms with E-state index in [1.54, 1.807) is 31.2 Å². The van der Waals surface area contributed by atoms with E-state index in [4.69, 9.17) is 4.74 Å². The Balaban J connectivity index is 1.86. The van der Waals surface area contributed by atoms with Crippen LogP contribution in [0.15, 0.2) is 59.2 Å². The van der Waals surface area contributed by atoms with E-state index in [1.165, 1.54) is 0 Å². The highest BCUT2D eigenvalue weighted by Gasteiger charge is 2.24. The average molecular weight is 415 g/mol. The van der Waals surface area contributed by atoms with Crippen LogP contribution < -0.4 is 5.32 Å². The summed E-state index contributed by atoms with van der Waals surface area (Å²) in [6.07, 6.45) is 2.19. The molecule has 134 valence electrons. The molecule has 0 unspecified atom stereocenters. The summed E-state index contributed by atoms with van der Waals surface area (Å²) in [6.45, 7) is 2.00. The van der Waals surface area contributed by atoms with Crippen LogP contribution in [0, 0.1) is 0 Å². The number of halogens is 1. The number of H-pyrrole nitrogens is 1. The van der Waals surface area contributed by atoms with Crippen LogP contribution >= 0.6 is 15.9 Å². The molecule has 0 saturated heterocycles. The Morgan fingerprint density at radius 3 is 2.65 bits per heavy atom. The van der Waals surface area contributed by atoms with E-state index in [-0.39, 0.29) is 12.5 Å². The first-order valence-electron chi connectivity index (χ1n) is 8.37. The molecular weight excluding hydrogens is 396 g/mol. The van der Waals surface area contributed by atoms with E-state index in [9.17, 15) is 9.59 Å². The first-order valence-corrected chi connectivity index (χ1v) is 9.16. The number of rotatable bonds is 6. The largest absolute Gasteiger partial charge is 0.464 e. The number of carbonyl (C=O) groups excluding carboxylic acids is 2. The van der Waals surface area contributed by atoms with Crippen molar-refractivity contribution in [3.8, 4) is 0 Å². The fourth-order valence-electron chi connectivity index (χ4n) is 2.86. The summed E-state index contributed by atoms with van der Waals surface area (Å²) in [7, 11) is 0. The molecule has 0 aliphatic rings. The molecule has 26 heavy (non-hydrogen) atoms. The minimum absolute atomic E-state index is 0.258. The van der Waals surface area contributed by atoms with Gasteiger partial charge in [0.05, 0.1) is 6.61 Å². The quantitative estimate of drug-likeness (QED) is 0.601. The molecule has 3 rings (SSSR count). The molecule has 1 heterocycles. The molecule has 0 fully saturated rings. The molecule has 0 aliphatic heterocycles. The zero-order valence-corrected chi connectivity index (χ0v) is 15.9. The highest BCUT2D eigenvalue weighted by molar-refractivity contribution is 9.10. The summed E-state index contributed by atoms with van der Waals surface area (Å²) in [6, 6.07) is 13.9. The number of fused-ring (bicyclic) bond motifs is 1. The van der Waals surface area contributed by atoms with E-state index < -0.39 is 12.0 Å². The van der Waals surface area contributed by atoms with Gasteiger partial charge < -0.3 is 15.0 Å². The predicted molar refractivity (Wildman–Crippen MR) is 104 cm³/mol. The molecule has 1 atom stereocenters. The summed E-state index contributed by atoms with van der Waals surface area (Å²) in [5.41, 5.74) is 2.40. The van der Waals surface area contributed by atoms with Gasteiger partial charge in [-0.1, -0.05) is 40.2 Å². The fourth-order valence-corrected chi connectivity index (χ4v) is 3.48. The molecule has 1 aromatic heterocycles. The topological polar surface area (TPSA) is 71.2 Å². The van der Waals surface area contributed by atoms with Gasteiger partial charge in [0.1, 0.15) is 6.04 Å². The number of aromatic nitrogens is 1. The second kappa shape index (κ2) is 8.19. The third kappa shape index (κ3) is 3.96. The van der Waals surface area contributed by atoms with Gasteiger partial charge in [-0.3, -0.25) is 4.79 Å². The third-order valence-electron chi connectivity index (χ3n) is 4.07. The van der Waals surface area contributed by atoms with Crippen molar-refractivity contribution in [2.75, 3.05) is 6.61 Å². The molecule has 0 aliphatic carbocycles. The first-order chi connectivity index (χ1) is 12.6. The maximum absolute atomic E-state index is 12.5. The van der Waals surface area contributed by atoms with Crippen molar-refractivity contribution in [3.05, 3.63) is 70.3 Å². The van der Waals surface area contributed by atoms with Gasteiger partial charge in [-0.2, -0.15) is 0 Å². The Morgan fingerprint density at radius 2 is 1.92 bits per heavy atom. The lowest BCUT2D eigenvalue weighted by atomic mass is 10.0. The number of aromatic amines is 1. The van der Waals surface area contributed by atoms with Gasteiger partial charge in [0.15, 0.2) is 0 Å². The van der Waals surface area contributed by atoms with Crippen LogP contribution in [0.3, 0.4) is 0 Å². The van der Waals surface area contributed by atoms with E-state index in [2.05, 4.69) is 26.2 Å². The van der Waals surface area contributed by atoms with Crippen molar-refractivity contribution in [1.82, 2.24) is 10.3 Å². The maximum atomic E-state index is 12.5. The molecule has 1 amide bonds.